The number of rotatable bonds is 1. The Morgan fingerprint density at radius 1 is 1.60 bits per heavy atom. The molecule has 1 fully saturated rings. The minimum Gasteiger partial charge on any atom is -0.329 e. The molecule has 1 rings (SSSR count). The summed E-state index contributed by atoms with van der Waals surface area (Å²) in [5.41, 5.74) is 5.54. The summed E-state index contributed by atoms with van der Waals surface area (Å²) in [5, 5.41) is 3.40. The molecule has 0 aromatic rings. The Kier molecular flexibility index (Phi) is 3.12. The third kappa shape index (κ3) is 2.25. The van der Waals surface area contributed by atoms with Gasteiger partial charge in [-0.1, -0.05) is 0 Å². The number of hydrogen-bond donors (Lipinski definition) is 2. The van der Waals surface area contributed by atoms with Crippen LogP contribution in [0.3, 0.4) is 0 Å². The molecule has 0 aromatic heterocycles. The van der Waals surface area contributed by atoms with Gasteiger partial charge in [0.2, 0.25) is 0 Å². The van der Waals surface area contributed by atoms with Crippen molar-refractivity contribution in [1.82, 2.24) is 10.2 Å². The summed E-state index contributed by atoms with van der Waals surface area (Å²) in [4.78, 5) is 2.34. The smallest absolute Gasteiger partial charge is 0.0202 e. The van der Waals surface area contributed by atoms with Crippen LogP contribution in [0.1, 0.15) is 6.42 Å². The van der Waals surface area contributed by atoms with E-state index in [0.29, 0.717) is 6.04 Å². The van der Waals surface area contributed by atoms with E-state index in [4.69, 9.17) is 5.73 Å². The fourth-order valence-corrected chi connectivity index (χ4v) is 1.25. The molecule has 3 N–H and O–H groups in total. The van der Waals surface area contributed by atoms with Gasteiger partial charge in [0.1, 0.15) is 0 Å². The first-order valence-electron chi connectivity index (χ1n) is 3.95. The predicted molar refractivity (Wildman–Crippen MR) is 43.0 cm³/mol. The normalized spacial score (nSPS) is 30.0. The second kappa shape index (κ2) is 3.91. The van der Waals surface area contributed by atoms with Gasteiger partial charge in [0.25, 0.3) is 0 Å². The molecule has 3 nitrogen and oxygen atoms in total. The summed E-state index contributed by atoms with van der Waals surface area (Å²) < 4.78 is 0. The van der Waals surface area contributed by atoms with E-state index in [1.54, 1.807) is 0 Å². The van der Waals surface area contributed by atoms with E-state index in [9.17, 15) is 0 Å². The van der Waals surface area contributed by atoms with Gasteiger partial charge >= 0.3 is 0 Å². The van der Waals surface area contributed by atoms with Gasteiger partial charge < -0.3 is 16.0 Å². The third-order valence-electron chi connectivity index (χ3n) is 2.07. The van der Waals surface area contributed by atoms with Crippen LogP contribution in [0.15, 0.2) is 0 Å². The molecule has 1 aliphatic rings. The molecule has 1 saturated heterocycles. The number of likely N-dealkylation sites (N-methyl/N-ethyl adjacent to an activating group) is 1. The lowest BCUT2D eigenvalue weighted by Gasteiger charge is -2.12. The van der Waals surface area contributed by atoms with Gasteiger partial charge in [-0.15, -0.1) is 0 Å². The van der Waals surface area contributed by atoms with Crippen molar-refractivity contribution in [3.05, 3.63) is 0 Å². The van der Waals surface area contributed by atoms with E-state index in [2.05, 4.69) is 17.3 Å². The summed E-state index contributed by atoms with van der Waals surface area (Å²) in [6.07, 6.45) is 1.19. The van der Waals surface area contributed by atoms with Crippen molar-refractivity contribution < 1.29 is 0 Å². The Hall–Kier alpha value is -0.120. The van der Waals surface area contributed by atoms with Crippen LogP contribution in [0, 0.1) is 0 Å². The van der Waals surface area contributed by atoms with Gasteiger partial charge in [0.05, 0.1) is 0 Å². The fourth-order valence-electron chi connectivity index (χ4n) is 1.25. The third-order valence-corrected chi connectivity index (χ3v) is 2.07. The molecule has 1 atom stereocenters. The minimum atomic E-state index is 0.546. The van der Waals surface area contributed by atoms with Gasteiger partial charge in [-0.25, -0.2) is 0 Å². The minimum absolute atomic E-state index is 0.546. The van der Waals surface area contributed by atoms with Crippen LogP contribution < -0.4 is 11.1 Å². The Balaban J connectivity index is 2.26. The quantitative estimate of drug-likeness (QED) is 0.507. The van der Waals surface area contributed by atoms with Gasteiger partial charge in [-0.3, -0.25) is 0 Å². The maximum Gasteiger partial charge on any atom is 0.0202 e. The van der Waals surface area contributed by atoms with Gasteiger partial charge in [-0.2, -0.15) is 0 Å². The predicted octanol–water partition coefficient (Wildman–Crippen LogP) is -0.761. The molecule has 60 valence electrons. The van der Waals surface area contributed by atoms with E-state index in [1.165, 1.54) is 13.0 Å². The zero-order valence-electron chi connectivity index (χ0n) is 6.64. The fraction of sp³-hybridized carbons (Fsp3) is 1.00. The highest BCUT2D eigenvalue weighted by molar-refractivity contribution is 4.73. The second-order valence-electron chi connectivity index (χ2n) is 2.98. The first-order chi connectivity index (χ1) is 4.83. The van der Waals surface area contributed by atoms with Crippen LogP contribution in [-0.4, -0.2) is 44.2 Å². The molecule has 1 unspecified atom stereocenters. The number of hydrogen-bond acceptors (Lipinski definition) is 3. The van der Waals surface area contributed by atoms with Crippen molar-refractivity contribution in [1.29, 1.82) is 0 Å². The molecular weight excluding hydrogens is 126 g/mol. The molecule has 0 aliphatic carbocycles. The molecule has 1 heterocycles. The average Bonchev–Trinajstić information content (AvgIpc) is 2.14. The van der Waals surface area contributed by atoms with Crippen molar-refractivity contribution in [2.75, 3.05) is 33.2 Å². The Morgan fingerprint density at radius 2 is 2.40 bits per heavy atom. The lowest BCUT2D eigenvalue weighted by atomic mass is 10.2. The maximum atomic E-state index is 5.54. The van der Waals surface area contributed by atoms with Crippen molar-refractivity contribution in [2.24, 2.45) is 5.73 Å². The number of nitrogens with one attached hydrogen (secondary N) is 1. The average molecular weight is 143 g/mol. The SMILES string of the molecule is CN1CCNC(CN)CC1. The largest absolute Gasteiger partial charge is 0.329 e. The molecule has 0 aromatic carbocycles. The summed E-state index contributed by atoms with van der Waals surface area (Å²) in [6, 6.07) is 0.546. The van der Waals surface area contributed by atoms with Crippen LogP contribution in [0.25, 0.3) is 0 Å². The summed E-state index contributed by atoms with van der Waals surface area (Å²) in [5.74, 6) is 0. The van der Waals surface area contributed by atoms with Crippen LogP contribution in [0.2, 0.25) is 0 Å². The molecule has 0 bridgehead atoms. The van der Waals surface area contributed by atoms with E-state index in [-0.39, 0.29) is 0 Å². The van der Waals surface area contributed by atoms with Crippen LogP contribution in [-0.2, 0) is 0 Å². The summed E-state index contributed by atoms with van der Waals surface area (Å²) in [6.45, 7) is 4.18. The number of nitrogens with zero attached hydrogens (tertiary/aromatic N) is 1. The highest BCUT2D eigenvalue weighted by Crippen LogP contribution is 1.96. The molecular formula is C7H17N3. The molecule has 0 spiro atoms. The first-order valence-corrected chi connectivity index (χ1v) is 3.95. The number of nitrogens with two attached hydrogens (primary N) is 1. The molecule has 0 amide bonds. The summed E-state index contributed by atoms with van der Waals surface area (Å²) in [7, 11) is 2.15. The molecule has 0 radical (unpaired) electrons. The topological polar surface area (TPSA) is 41.3 Å². The maximum absolute atomic E-state index is 5.54. The van der Waals surface area contributed by atoms with Crippen molar-refractivity contribution in [2.45, 2.75) is 12.5 Å². The Labute approximate surface area is 62.6 Å². The zero-order valence-corrected chi connectivity index (χ0v) is 6.64. The van der Waals surface area contributed by atoms with Crippen LogP contribution in [0.5, 0.6) is 0 Å². The summed E-state index contributed by atoms with van der Waals surface area (Å²) >= 11 is 0. The van der Waals surface area contributed by atoms with E-state index in [0.717, 1.165) is 19.6 Å². The van der Waals surface area contributed by atoms with Gasteiger partial charge in [-0.05, 0) is 20.0 Å². The lowest BCUT2D eigenvalue weighted by molar-refractivity contribution is 0.355. The van der Waals surface area contributed by atoms with Crippen molar-refractivity contribution in [3.8, 4) is 0 Å². The van der Waals surface area contributed by atoms with E-state index in [1.807, 2.05) is 0 Å². The second-order valence-corrected chi connectivity index (χ2v) is 2.98. The van der Waals surface area contributed by atoms with Gasteiger partial charge in [0.15, 0.2) is 0 Å². The molecule has 0 saturated carbocycles. The molecule has 3 heteroatoms. The Morgan fingerprint density at radius 3 is 3.10 bits per heavy atom. The standard InChI is InChI=1S/C7H17N3/c1-10-4-2-7(6-8)9-3-5-10/h7,9H,2-6,8H2,1H3. The van der Waals surface area contributed by atoms with Gasteiger partial charge in [0, 0.05) is 25.7 Å². The monoisotopic (exact) mass is 143 g/mol. The highest BCUT2D eigenvalue weighted by Gasteiger charge is 2.11. The van der Waals surface area contributed by atoms with Crippen molar-refractivity contribution >= 4 is 0 Å². The van der Waals surface area contributed by atoms with E-state index < -0.39 is 0 Å². The van der Waals surface area contributed by atoms with Crippen molar-refractivity contribution in [3.63, 3.8) is 0 Å². The van der Waals surface area contributed by atoms with Crippen LogP contribution >= 0.6 is 0 Å². The Bertz CT molecular complexity index is 94.9. The van der Waals surface area contributed by atoms with E-state index >= 15 is 0 Å². The zero-order chi connectivity index (χ0) is 7.40. The molecule has 10 heavy (non-hydrogen) atoms. The lowest BCUT2D eigenvalue weighted by Crippen LogP contribution is -2.36. The van der Waals surface area contributed by atoms with Crippen LogP contribution in [0.4, 0.5) is 0 Å². The first kappa shape index (κ1) is 7.98. The highest BCUT2D eigenvalue weighted by atomic mass is 15.1. The molecule has 1 aliphatic heterocycles.